The summed E-state index contributed by atoms with van der Waals surface area (Å²) in [5.41, 5.74) is 0. The Morgan fingerprint density at radius 2 is 2.00 bits per heavy atom. The Morgan fingerprint density at radius 3 is 2.50 bits per heavy atom. The van der Waals surface area contributed by atoms with Crippen molar-refractivity contribution in [2.24, 2.45) is 0 Å². The van der Waals surface area contributed by atoms with Gasteiger partial charge in [-0.25, -0.2) is 8.42 Å². The Hall–Kier alpha value is 0.260. The minimum absolute atomic E-state index is 0.247. The predicted octanol–water partition coefficient (Wildman–Crippen LogP) is 0.374. The number of sulfone groups is 1. The third-order valence-electron chi connectivity index (χ3n) is 1.51. The highest BCUT2D eigenvalue weighted by Crippen LogP contribution is 1.89. The van der Waals surface area contributed by atoms with Crippen LogP contribution in [-0.2, 0) is 9.84 Å². The van der Waals surface area contributed by atoms with Crippen LogP contribution < -0.4 is 5.32 Å². The van der Waals surface area contributed by atoms with Gasteiger partial charge in [-0.15, -0.1) is 0 Å². The van der Waals surface area contributed by atoms with Gasteiger partial charge in [0.2, 0.25) is 0 Å². The average molecular weight is 211 g/mol. The minimum Gasteiger partial charge on any atom is -0.315 e. The van der Waals surface area contributed by atoms with Crippen LogP contribution in [0.25, 0.3) is 0 Å². The summed E-state index contributed by atoms with van der Waals surface area (Å²) in [6.45, 7) is 3.15. The fourth-order valence-corrected chi connectivity index (χ4v) is 1.76. The van der Waals surface area contributed by atoms with E-state index >= 15 is 0 Å². The molecule has 0 heterocycles. The topological polar surface area (TPSA) is 46.2 Å². The SMILES string of the molecule is CCS(=O)(=O)CCNCCSC. The molecule has 74 valence electrons. The Bertz CT molecular complexity index is 190. The van der Waals surface area contributed by atoms with Gasteiger partial charge in [0.05, 0.1) is 5.75 Å². The molecule has 0 aliphatic rings. The molecule has 0 amide bonds. The first kappa shape index (κ1) is 12.3. The molecule has 0 unspecified atom stereocenters. The maximum absolute atomic E-state index is 11.0. The van der Waals surface area contributed by atoms with Crippen molar-refractivity contribution >= 4 is 21.6 Å². The molecule has 0 aromatic rings. The van der Waals surface area contributed by atoms with E-state index in [1.165, 1.54) is 0 Å². The zero-order chi connectivity index (χ0) is 9.45. The molecule has 0 bridgehead atoms. The van der Waals surface area contributed by atoms with Crippen LogP contribution >= 0.6 is 11.8 Å². The smallest absolute Gasteiger partial charge is 0.151 e. The fraction of sp³-hybridized carbons (Fsp3) is 1.00. The molecule has 0 aromatic heterocycles. The van der Waals surface area contributed by atoms with Crippen molar-refractivity contribution in [2.75, 3.05) is 36.6 Å². The van der Waals surface area contributed by atoms with E-state index < -0.39 is 9.84 Å². The quantitative estimate of drug-likeness (QED) is 0.618. The zero-order valence-electron chi connectivity index (χ0n) is 7.67. The molecule has 0 saturated heterocycles. The van der Waals surface area contributed by atoms with Crippen molar-refractivity contribution in [3.63, 3.8) is 0 Å². The molecule has 0 aliphatic heterocycles. The first-order valence-corrected chi connectivity index (χ1v) is 7.24. The zero-order valence-corrected chi connectivity index (χ0v) is 9.30. The van der Waals surface area contributed by atoms with Crippen LogP contribution in [0.3, 0.4) is 0 Å². The highest BCUT2D eigenvalue weighted by molar-refractivity contribution is 7.98. The summed E-state index contributed by atoms with van der Waals surface area (Å²) in [6.07, 6.45) is 2.03. The van der Waals surface area contributed by atoms with Crippen molar-refractivity contribution < 1.29 is 8.42 Å². The summed E-state index contributed by atoms with van der Waals surface area (Å²) in [7, 11) is -2.78. The van der Waals surface area contributed by atoms with Crippen molar-refractivity contribution in [3.05, 3.63) is 0 Å². The molecular formula is C7H17NO2S2. The number of hydrogen-bond acceptors (Lipinski definition) is 4. The van der Waals surface area contributed by atoms with Crippen LogP contribution in [0.2, 0.25) is 0 Å². The van der Waals surface area contributed by atoms with E-state index in [-0.39, 0.29) is 11.5 Å². The van der Waals surface area contributed by atoms with Gasteiger partial charge in [-0.2, -0.15) is 11.8 Å². The summed E-state index contributed by atoms with van der Waals surface area (Å²) < 4.78 is 22.0. The Labute approximate surface area is 79.2 Å². The van der Waals surface area contributed by atoms with Gasteiger partial charge in [-0.05, 0) is 6.26 Å². The van der Waals surface area contributed by atoms with Crippen molar-refractivity contribution in [2.45, 2.75) is 6.92 Å². The second-order valence-corrected chi connectivity index (χ2v) is 5.94. The maximum Gasteiger partial charge on any atom is 0.151 e. The van der Waals surface area contributed by atoms with Crippen LogP contribution in [0.1, 0.15) is 6.92 Å². The van der Waals surface area contributed by atoms with Gasteiger partial charge in [0, 0.05) is 24.6 Å². The van der Waals surface area contributed by atoms with E-state index in [0.29, 0.717) is 6.54 Å². The lowest BCUT2D eigenvalue weighted by Crippen LogP contribution is -2.25. The van der Waals surface area contributed by atoms with Crippen molar-refractivity contribution in [1.82, 2.24) is 5.32 Å². The summed E-state index contributed by atoms with van der Waals surface area (Å²) in [4.78, 5) is 0. The van der Waals surface area contributed by atoms with Gasteiger partial charge in [-0.3, -0.25) is 0 Å². The van der Waals surface area contributed by atoms with Gasteiger partial charge in [0.25, 0.3) is 0 Å². The maximum atomic E-state index is 11.0. The number of nitrogens with one attached hydrogen (secondary N) is 1. The lowest BCUT2D eigenvalue weighted by molar-refractivity contribution is 0.593. The van der Waals surface area contributed by atoms with Gasteiger partial charge >= 0.3 is 0 Å². The molecule has 12 heavy (non-hydrogen) atoms. The first-order chi connectivity index (χ1) is 5.62. The lowest BCUT2D eigenvalue weighted by atomic mass is 10.7. The molecule has 0 fully saturated rings. The Balaban J connectivity index is 3.32. The van der Waals surface area contributed by atoms with E-state index in [2.05, 4.69) is 5.32 Å². The van der Waals surface area contributed by atoms with Crippen LogP contribution in [-0.4, -0.2) is 45.0 Å². The molecule has 0 saturated carbocycles. The molecule has 5 heteroatoms. The van der Waals surface area contributed by atoms with E-state index in [9.17, 15) is 8.42 Å². The molecular weight excluding hydrogens is 194 g/mol. The van der Waals surface area contributed by atoms with Crippen LogP contribution in [0, 0.1) is 0 Å². The standard InChI is InChI=1S/C7H17NO2S2/c1-3-12(9,10)7-5-8-4-6-11-2/h8H,3-7H2,1-2H3. The molecule has 0 aliphatic carbocycles. The first-order valence-electron chi connectivity index (χ1n) is 4.02. The highest BCUT2D eigenvalue weighted by Gasteiger charge is 2.05. The third-order valence-corrected chi connectivity index (χ3v) is 3.83. The Morgan fingerprint density at radius 1 is 1.33 bits per heavy atom. The molecule has 0 rings (SSSR count). The van der Waals surface area contributed by atoms with E-state index in [1.807, 2.05) is 6.26 Å². The molecule has 3 nitrogen and oxygen atoms in total. The number of rotatable bonds is 7. The second kappa shape index (κ2) is 6.74. The highest BCUT2D eigenvalue weighted by atomic mass is 32.2. The van der Waals surface area contributed by atoms with Crippen LogP contribution in [0.4, 0.5) is 0 Å². The van der Waals surface area contributed by atoms with E-state index in [4.69, 9.17) is 0 Å². The summed E-state index contributed by atoms with van der Waals surface area (Å²) in [5.74, 6) is 1.54. The summed E-state index contributed by atoms with van der Waals surface area (Å²) >= 11 is 1.75. The van der Waals surface area contributed by atoms with Gasteiger partial charge in [0.15, 0.2) is 9.84 Å². The van der Waals surface area contributed by atoms with Crippen molar-refractivity contribution in [3.8, 4) is 0 Å². The van der Waals surface area contributed by atoms with Crippen molar-refractivity contribution in [1.29, 1.82) is 0 Å². The van der Waals surface area contributed by atoms with E-state index in [1.54, 1.807) is 18.7 Å². The van der Waals surface area contributed by atoms with Gasteiger partial charge in [-0.1, -0.05) is 6.92 Å². The Kier molecular flexibility index (Phi) is 6.89. The molecule has 0 radical (unpaired) electrons. The van der Waals surface area contributed by atoms with Crippen LogP contribution in [0.15, 0.2) is 0 Å². The molecule has 0 spiro atoms. The predicted molar refractivity (Wildman–Crippen MR) is 55.6 cm³/mol. The lowest BCUT2D eigenvalue weighted by Gasteiger charge is -2.02. The monoisotopic (exact) mass is 211 g/mol. The largest absolute Gasteiger partial charge is 0.315 e. The second-order valence-electron chi connectivity index (χ2n) is 2.48. The normalized spacial score (nSPS) is 11.8. The van der Waals surface area contributed by atoms with E-state index in [0.717, 1.165) is 12.3 Å². The third kappa shape index (κ3) is 6.94. The van der Waals surface area contributed by atoms with Crippen LogP contribution in [0.5, 0.6) is 0 Å². The minimum atomic E-state index is -2.78. The average Bonchev–Trinajstić information content (AvgIpc) is 2.04. The molecule has 0 atom stereocenters. The van der Waals surface area contributed by atoms with Gasteiger partial charge < -0.3 is 5.32 Å². The molecule has 0 aromatic carbocycles. The summed E-state index contributed by atoms with van der Waals surface area (Å²) in [5, 5.41) is 3.08. The van der Waals surface area contributed by atoms with Gasteiger partial charge in [0.1, 0.15) is 0 Å². The number of hydrogen-bond donors (Lipinski definition) is 1. The fourth-order valence-electron chi connectivity index (χ4n) is 0.671. The molecule has 1 N–H and O–H groups in total. The number of thioether (sulfide) groups is 1. The summed E-state index contributed by atoms with van der Waals surface area (Å²) in [6, 6.07) is 0.